The number of nitriles is 1. The average Bonchev–Trinajstić information content (AvgIpc) is 2.36. The first-order chi connectivity index (χ1) is 8.72. The molecule has 1 rings (SSSR count). The summed E-state index contributed by atoms with van der Waals surface area (Å²) in [6.07, 6.45) is 0. The lowest BCUT2D eigenvalue weighted by Gasteiger charge is -2.15. The van der Waals surface area contributed by atoms with Gasteiger partial charge in [0.15, 0.2) is 0 Å². The highest BCUT2D eigenvalue weighted by atomic mass is 35.5. The zero-order chi connectivity index (χ0) is 14.7. The third kappa shape index (κ3) is 4.85. The molecule has 0 radical (unpaired) electrons. The number of nitrogens with one attached hydrogen (secondary N) is 1. The minimum atomic E-state index is -4.19. The molecule has 0 fully saturated rings. The van der Waals surface area contributed by atoms with Crippen LogP contribution in [0.15, 0.2) is 23.1 Å². The molecule has 0 saturated heterocycles. The molecule has 10 heteroatoms. The highest BCUT2D eigenvalue weighted by Gasteiger charge is 2.30. The van der Waals surface area contributed by atoms with Gasteiger partial charge in [-0.25, -0.2) is 21.9 Å². The smallest absolute Gasteiger partial charge is 0.273 e. The standard InChI is InChI=1S/C10H10ClF2N3O2S.ClH/c11-8-3-7(4-14)1-2-9(8)19(17,18)16-6-10(12,13)5-15;/h1-3,16H,5-6,15H2;1H. The van der Waals surface area contributed by atoms with Crippen molar-refractivity contribution in [3.63, 3.8) is 0 Å². The number of benzene rings is 1. The first-order valence-corrected chi connectivity index (χ1v) is 6.85. The lowest BCUT2D eigenvalue weighted by Crippen LogP contribution is -2.41. The Labute approximate surface area is 126 Å². The quantitative estimate of drug-likeness (QED) is 0.845. The van der Waals surface area contributed by atoms with Crippen molar-refractivity contribution in [2.45, 2.75) is 10.8 Å². The summed E-state index contributed by atoms with van der Waals surface area (Å²) in [5, 5.41) is 8.39. The lowest BCUT2D eigenvalue weighted by atomic mass is 10.2. The van der Waals surface area contributed by atoms with Gasteiger partial charge in [-0.3, -0.25) is 0 Å². The van der Waals surface area contributed by atoms with Crippen molar-refractivity contribution in [2.24, 2.45) is 5.73 Å². The third-order valence-corrected chi connectivity index (χ3v) is 4.05. The zero-order valence-electron chi connectivity index (χ0n) is 9.94. The lowest BCUT2D eigenvalue weighted by molar-refractivity contribution is 0.0170. The molecule has 5 nitrogen and oxygen atoms in total. The summed E-state index contributed by atoms with van der Waals surface area (Å²) in [7, 11) is -4.19. The van der Waals surface area contributed by atoms with E-state index >= 15 is 0 Å². The summed E-state index contributed by atoms with van der Waals surface area (Å²) in [6.45, 7) is -2.10. The van der Waals surface area contributed by atoms with Crippen LogP contribution in [0.1, 0.15) is 5.56 Å². The Morgan fingerprint density at radius 3 is 2.50 bits per heavy atom. The highest BCUT2D eigenvalue weighted by molar-refractivity contribution is 7.89. The second-order valence-corrected chi connectivity index (χ2v) is 5.78. The molecular weight excluding hydrogens is 335 g/mol. The minimum absolute atomic E-state index is 0. The van der Waals surface area contributed by atoms with Gasteiger partial charge in [0.25, 0.3) is 5.92 Å². The van der Waals surface area contributed by atoms with Crippen LogP contribution in [0.3, 0.4) is 0 Å². The first-order valence-electron chi connectivity index (χ1n) is 4.99. The van der Waals surface area contributed by atoms with Gasteiger partial charge in [-0.15, -0.1) is 12.4 Å². The van der Waals surface area contributed by atoms with Gasteiger partial charge in [0.2, 0.25) is 10.0 Å². The maximum absolute atomic E-state index is 12.9. The van der Waals surface area contributed by atoms with Crippen molar-refractivity contribution >= 4 is 34.0 Å². The first kappa shape index (κ1) is 19.0. The van der Waals surface area contributed by atoms with Crippen LogP contribution in [0, 0.1) is 11.3 Å². The van der Waals surface area contributed by atoms with E-state index in [1.807, 2.05) is 0 Å². The molecule has 0 atom stereocenters. The van der Waals surface area contributed by atoms with Crippen molar-refractivity contribution in [1.29, 1.82) is 5.26 Å². The van der Waals surface area contributed by atoms with E-state index in [2.05, 4.69) is 0 Å². The SMILES string of the molecule is Cl.N#Cc1ccc(S(=O)(=O)NCC(F)(F)CN)c(Cl)c1. The molecule has 0 unspecified atom stereocenters. The second kappa shape index (κ2) is 7.15. The summed E-state index contributed by atoms with van der Waals surface area (Å²) in [4.78, 5) is -0.374. The monoisotopic (exact) mass is 345 g/mol. The number of nitrogens with zero attached hydrogens (tertiary/aromatic N) is 1. The number of rotatable bonds is 5. The molecule has 0 aliphatic heterocycles. The topological polar surface area (TPSA) is 96.0 Å². The molecule has 3 N–H and O–H groups in total. The molecule has 0 aliphatic carbocycles. The van der Waals surface area contributed by atoms with E-state index in [1.54, 1.807) is 10.8 Å². The Kier molecular flexibility index (Phi) is 6.80. The van der Waals surface area contributed by atoms with E-state index in [-0.39, 0.29) is 27.9 Å². The molecule has 1 aromatic carbocycles. The number of alkyl halides is 2. The van der Waals surface area contributed by atoms with Crippen LogP contribution in [0.2, 0.25) is 5.02 Å². The van der Waals surface area contributed by atoms with E-state index in [0.717, 1.165) is 12.1 Å². The van der Waals surface area contributed by atoms with Crippen molar-refractivity contribution in [3.8, 4) is 6.07 Å². The highest BCUT2D eigenvalue weighted by Crippen LogP contribution is 2.22. The van der Waals surface area contributed by atoms with E-state index < -0.39 is 29.0 Å². The fourth-order valence-electron chi connectivity index (χ4n) is 1.14. The molecule has 0 aromatic heterocycles. The van der Waals surface area contributed by atoms with E-state index in [1.165, 1.54) is 6.07 Å². The summed E-state index contributed by atoms with van der Waals surface area (Å²) in [5.74, 6) is -3.34. The predicted molar refractivity (Wildman–Crippen MR) is 72.6 cm³/mol. The zero-order valence-corrected chi connectivity index (χ0v) is 12.3. The van der Waals surface area contributed by atoms with Crippen LogP contribution in [-0.2, 0) is 10.0 Å². The van der Waals surface area contributed by atoms with Gasteiger partial charge in [-0.05, 0) is 18.2 Å². The molecule has 0 heterocycles. The summed E-state index contributed by atoms with van der Waals surface area (Å²) in [5.41, 5.74) is 4.96. The number of nitrogens with two attached hydrogens (primary N) is 1. The summed E-state index contributed by atoms with van der Waals surface area (Å²) < 4.78 is 51.0. The molecule has 0 saturated carbocycles. The average molecular weight is 346 g/mol. The number of hydrogen-bond acceptors (Lipinski definition) is 4. The Bertz CT molecular complexity index is 617. The minimum Gasteiger partial charge on any atom is -0.325 e. The van der Waals surface area contributed by atoms with Crippen molar-refractivity contribution in [3.05, 3.63) is 28.8 Å². The van der Waals surface area contributed by atoms with Gasteiger partial charge in [0.1, 0.15) is 4.90 Å². The molecule has 0 spiro atoms. The van der Waals surface area contributed by atoms with Gasteiger partial charge in [-0.2, -0.15) is 5.26 Å². The Hall–Kier alpha value is -0.980. The van der Waals surface area contributed by atoms with Gasteiger partial charge < -0.3 is 5.73 Å². The molecule has 20 heavy (non-hydrogen) atoms. The van der Waals surface area contributed by atoms with Crippen LogP contribution in [0.25, 0.3) is 0 Å². The largest absolute Gasteiger partial charge is 0.325 e. The van der Waals surface area contributed by atoms with Crippen LogP contribution < -0.4 is 10.5 Å². The molecule has 0 aliphatic rings. The van der Waals surface area contributed by atoms with Crippen molar-refractivity contribution in [2.75, 3.05) is 13.1 Å². The Balaban J connectivity index is 0.00000361. The summed E-state index contributed by atoms with van der Waals surface area (Å²) in [6, 6.07) is 5.21. The fourth-order valence-corrected chi connectivity index (χ4v) is 2.74. The Morgan fingerprint density at radius 1 is 1.45 bits per heavy atom. The van der Waals surface area contributed by atoms with E-state index in [4.69, 9.17) is 22.6 Å². The third-order valence-electron chi connectivity index (χ3n) is 2.17. The van der Waals surface area contributed by atoms with Crippen LogP contribution in [-0.4, -0.2) is 27.4 Å². The van der Waals surface area contributed by atoms with Crippen LogP contribution in [0.4, 0.5) is 8.78 Å². The van der Waals surface area contributed by atoms with Crippen LogP contribution >= 0.6 is 24.0 Å². The van der Waals surface area contributed by atoms with E-state index in [9.17, 15) is 17.2 Å². The van der Waals surface area contributed by atoms with Gasteiger partial charge >= 0.3 is 0 Å². The number of sulfonamides is 1. The predicted octanol–water partition coefficient (Wildman–Crippen LogP) is 1.51. The summed E-state index contributed by atoms with van der Waals surface area (Å²) >= 11 is 5.69. The maximum atomic E-state index is 12.9. The molecule has 112 valence electrons. The normalized spacial score (nSPS) is 11.6. The number of halogens is 4. The molecule has 0 amide bonds. The van der Waals surface area contributed by atoms with Gasteiger partial charge in [0.05, 0.1) is 29.7 Å². The van der Waals surface area contributed by atoms with Gasteiger partial charge in [0, 0.05) is 0 Å². The molecule has 0 bridgehead atoms. The van der Waals surface area contributed by atoms with Gasteiger partial charge in [-0.1, -0.05) is 11.6 Å². The number of hydrogen-bond donors (Lipinski definition) is 2. The second-order valence-electron chi connectivity index (χ2n) is 3.64. The Morgan fingerprint density at radius 2 is 2.05 bits per heavy atom. The molecule has 1 aromatic rings. The van der Waals surface area contributed by atoms with Crippen molar-refractivity contribution in [1.82, 2.24) is 4.72 Å². The van der Waals surface area contributed by atoms with Crippen molar-refractivity contribution < 1.29 is 17.2 Å². The fraction of sp³-hybridized carbons (Fsp3) is 0.300. The molecular formula is C10H11Cl2F2N3O2S. The van der Waals surface area contributed by atoms with E-state index in [0.29, 0.717) is 0 Å². The van der Waals surface area contributed by atoms with Crippen LogP contribution in [0.5, 0.6) is 0 Å². The maximum Gasteiger partial charge on any atom is 0.273 e.